The lowest BCUT2D eigenvalue weighted by atomic mass is 9.78. The fourth-order valence-electron chi connectivity index (χ4n) is 4.95. The molecule has 2 aromatic rings. The van der Waals surface area contributed by atoms with Gasteiger partial charge in [-0.15, -0.1) is 0 Å². The molecule has 3 heteroatoms. The molecule has 1 fully saturated rings. The Morgan fingerprint density at radius 2 is 1.42 bits per heavy atom. The maximum Gasteiger partial charge on any atom is 0.128 e. The number of rotatable bonds is 12. The van der Waals surface area contributed by atoms with E-state index in [4.69, 9.17) is 0 Å². The van der Waals surface area contributed by atoms with E-state index in [0.29, 0.717) is 0 Å². The van der Waals surface area contributed by atoms with Crippen molar-refractivity contribution in [1.82, 2.24) is 9.97 Å². The van der Waals surface area contributed by atoms with Crippen molar-refractivity contribution in [3.05, 3.63) is 47.8 Å². The van der Waals surface area contributed by atoms with Crippen LogP contribution in [0.1, 0.15) is 102 Å². The van der Waals surface area contributed by atoms with E-state index in [1.54, 1.807) is 6.07 Å². The Morgan fingerprint density at radius 3 is 2.06 bits per heavy atom. The Morgan fingerprint density at radius 1 is 0.774 bits per heavy atom. The maximum absolute atomic E-state index is 14.4. The molecule has 1 aromatic carbocycles. The van der Waals surface area contributed by atoms with Crippen molar-refractivity contribution in [3.8, 4) is 11.1 Å². The molecule has 0 amide bonds. The molecule has 1 aliphatic carbocycles. The largest absolute Gasteiger partial charge is 0.241 e. The molecule has 0 bridgehead atoms. The Balaban J connectivity index is 1.45. The van der Waals surface area contributed by atoms with Crippen molar-refractivity contribution in [2.75, 3.05) is 0 Å². The third kappa shape index (κ3) is 7.70. The molecule has 0 unspecified atom stereocenters. The first-order chi connectivity index (χ1) is 15.2. The number of hydrogen-bond donors (Lipinski definition) is 0. The van der Waals surface area contributed by atoms with Gasteiger partial charge >= 0.3 is 0 Å². The van der Waals surface area contributed by atoms with E-state index in [1.165, 1.54) is 57.8 Å². The summed E-state index contributed by atoms with van der Waals surface area (Å²) in [5.74, 6) is 2.62. The normalized spacial score (nSPS) is 18.9. The van der Waals surface area contributed by atoms with Gasteiger partial charge in [0.15, 0.2) is 0 Å². The van der Waals surface area contributed by atoms with Crippen LogP contribution in [0.15, 0.2) is 30.6 Å². The summed E-state index contributed by atoms with van der Waals surface area (Å²) in [5, 5.41) is 0. The van der Waals surface area contributed by atoms with Crippen LogP contribution < -0.4 is 0 Å². The minimum absolute atomic E-state index is 0.108. The zero-order valence-electron chi connectivity index (χ0n) is 19.7. The zero-order chi connectivity index (χ0) is 21.9. The zero-order valence-corrected chi connectivity index (χ0v) is 19.7. The van der Waals surface area contributed by atoms with E-state index in [0.717, 1.165) is 66.5 Å². The van der Waals surface area contributed by atoms with Gasteiger partial charge in [0.2, 0.25) is 0 Å². The first-order valence-corrected chi connectivity index (χ1v) is 12.8. The third-order valence-corrected chi connectivity index (χ3v) is 7.10. The van der Waals surface area contributed by atoms with Gasteiger partial charge in [-0.1, -0.05) is 90.2 Å². The molecule has 1 aromatic heterocycles. The number of halogens is 1. The van der Waals surface area contributed by atoms with Gasteiger partial charge in [-0.3, -0.25) is 0 Å². The van der Waals surface area contributed by atoms with Crippen LogP contribution in [-0.4, -0.2) is 9.97 Å². The monoisotopic (exact) mass is 424 g/mol. The van der Waals surface area contributed by atoms with Crippen LogP contribution >= 0.6 is 0 Å². The second-order valence-corrected chi connectivity index (χ2v) is 9.57. The Labute approximate surface area is 189 Å². The van der Waals surface area contributed by atoms with Crippen molar-refractivity contribution in [1.29, 1.82) is 0 Å². The van der Waals surface area contributed by atoms with Crippen LogP contribution in [0.25, 0.3) is 11.1 Å². The highest BCUT2D eigenvalue weighted by Gasteiger charge is 2.21. The lowest BCUT2D eigenvalue weighted by molar-refractivity contribution is 0.248. The van der Waals surface area contributed by atoms with Gasteiger partial charge in [-0.05, 0) is 48.3 Å². The van der Waals surface area contributed by atoms with Crippen molar-refractivity contribution in [3.63, 3.8) is 0 Å². The smallest absolute Gasteiger partial charge is 0.128 e. The van der Waals surface area contributed by atoms with Crippen LogP contribution in [-0.2, 0) is 12.8 Å². The molecule has 0 atom stereocenters. The lowest BCUT2D eigenvalue weighted by Crippen LogP contribution is -2.15. The Bertz CT molecular complexity index is 763. The fourth-order valence-corrected chi connectivity index (χ4v) is 4.95. The molecule has 0 spiro atoms. The summed E-state index contributed by atoms with van der Waals surface area (Å²) in [7, 11) is 0. The SMILES string of the molecule is CCCCCc1ccc(-c2cnc(CC[C@H]3CC[C@H](CCCCC)CC3)nc2)cc1F. The maximum atomic E-state index is 14.4. The second-order valence-electron chi connectivity index (χ2n) is 9.57. The number of nitrogens with zero attached hydrogens (tertiary/aromatic N) is 2. The molecule has 1 saturated carbocycles. The fraction of sp³-hybridized carbons (Fsp3) is 0.643. The summed E-state index contributed by atoms with van der Waals surface area (Å²) < 4.78 is 14.4. The van der Waals surface area contributed by atoms with Crippen molar-refractivity contribution in [2.45, 2.75) is 104 Å². The van der Waals surface area contributed by atoms with Crippen molar-refractivity contribution in [2.24, 2.45) is 11.8 Å². The average molecular weight is 425 g/mol. The highest BCUT2D eigenvalue weighted by Crippen LogP contribution is 2.34. The topological polar surface area (TPSA) is 25.8 Å². The van der Waals surface area contributed by atoms with Gasteiger partial charge in [0.1, 0.15) is 11.6 Å². The minimum atomic E-state index is -0.108. The van der Waals surface area contributed by atoms with E-state index in [1.807, 2.05) is 24.5 Å². The Kier molecular flexibility index (Phi) is 9.96. The minimum Gasteiger partial charge on any atom is -0.241 e. The van der Waals surface area contributed by atoms with Crippen LogP contribution in [0.5, 0.6) is 0 Å². The Hall–Kier alpha value is -1.77. The molecule has 1 heterocycles. The van der Waals surface area contributed by atoms with Crippen LogP contribution in [0, 0.1) is 17.7 Å². The standard InChI is InChI=1S/C28H41FN2/c1-3-5-7-9-22-11-13-23(14-12-22)15-18-28-30-20-26(21-31-28)25-17-16-24(27(29)19-25)10-8-6-4-2/h16-17,19-23H,3-15,18H2,1-2H3/t22-,23-. The van der Waals surface area contributed by atoms with Gasteiger partial charge in [-0.2, -0.15) is 0 Å². The predicted molar refractivity (Wildman–Crippen MR) is 129 cm³/mol. The van der Waals surface area contributed by atoms with Gasteiger partial charge in [0.05, 0.1) is 0 Å². The highest BCUT2D eigenvalue weighted by atomic mass is 19.1. The summed E-state index contributed by atoms with van der Waals surface area (Å²) in [6, 6.07) is 5.56. The molecule has 2 nitrogen and oxygen atoms in total. The summed E-state index contributed by atoms with van der Waals surface area (Å²) in [4.78, 5) is 9.17. The molecule has 0 radical (unpaired) electrons. The number of benzene rings is 1. The summed E-state index contributed by atoms with van der Waals surface area (Å²) in [6.07, 6.45) is 21.2. The first-order valence-electron chi connectivity index (χ1n) is 12.8. The highest BCUT2D eigenvalue weighted by molar-refractivity contribution is 5.61. The van der Waals surface area contributed by atoms with Crippen LogP contribution in [0.4, 0.5) is 4.39 Å². The summed E-state index contributed by atoms with van der Waals surface area (Å²) in [6.45, 7) is 4.46. The molecule has 0 saturated heterocycles. The van der Waals surface area contributed by atoms with Crippen LogP contribution in [0.2, 0.25) is 0 Å². The van der Waals surface area contributed by atoms with Crippen LogP contribution in [0.3, 0.4) is 0 Å². The van der Waals surface area contributed by atoms with Crippen molar-refractivity contribution < 1.29 is 4.39 Å². The number of aryl methyl sites for hydroxylation is 2. The van der Waals surface area contributed by atoms with E-state index in [2.05, 4.69) is 23.8 Å². The predicted octanol–water partition coefficient (Wildman–Crippen LogP) is 8.33. The molecule has 0 N–H and O–H groups in total. The van der Waals surface area contributed by atoms with Gasteiger partial charge in [0.25, 0.3) is 0 Å². The van der Waals surface area contributed by atoms with E-state index in [-0.39, 0.29) is 5.82 Å². The number of aromatic nitrogens is 2. The third-order valence-electron chi connectivity index (χ3n) is 7.10. The van der Waals surface area contributed by atoms with E-state index < -0.39 is 0 Å². The average Bonchev–Trinajstić information content (AvgIpc) is 2.80. The molecule has 1 aliphatic rings. The van der Waals surface area contributed by atoms with Gasteiger partial charge in [0, 0.05) is 24.4 Å². The van der Waals surface area contributed by atoms with Gasteiger partial charge in [-0.25, -0.2) is 14.4 Å². The molecular formula is C28H41FN2. The van der Waals surface area contributed by atoms with Gasteiger partial charge < -0.3 is 0 Å². The lowest BCUT2D eigenvalue weighted by Gasteiger charge is -2.28. The van der Waals surface area contributed by atoms with E-state index >= 15 is 0 Å². The quantitative estimate of drug-likeness (QED) is 0.320. The number of hydrogen-bond acceptors (Lipinski definition) is 2. The summed E-state index contributed by atoms with van der Waals surface area (Å²) in [5.41, 5.74) is 2.58. The summed E-state index contributed by atoms with van der Waals surface area (Å²) >= 11 is 0. The second kappa shape index (κ2) is 12.9. The van der Waals surface area contributed by atoms with Crippen molar-refractivity contribution >= 4 is 0 Å². The molecule has 170 valence electrons. The first kappa shape index (κ1) is 23.9. The number of unbranched alkanes of at least 4 members (excludes halogenated alkanes) is 4. The molecule has 3 rings (SSSR count). The molecular weight excluding hydrogens is 383 g/mol. The van der Waals surface area contributed by atoms with E-state index in [9.17, 15) is 4.39 Å². The molecule has 0 aliphatic heterocycles. The molecule has 31 heavy (non-hydrogen) atoms.